The van der Waals surface area contributed by atoms with Crippen molar-refractivity contribution in [3.8, 4) is 17.0 Å². The van der Waals surface area contributed by atoms with Crippen molar-refractivity contribution in [3.63, 3.8) is 0 Å². The van der Waals surface area contributed by atoms with Gasteiger partial charge in [-0.05, 0) is 69.3 Å². The van der Waals surface area contributed by atoms with Gasteiger partial charge in [-0.25, -0.2) is 4.98 Å². The minimum atomic E-state index is -0.207. The van der Waals surface area contributed by atoms with Crippen molar-refractivity contribution in [1.29, 1.82) is 0 Å². The van der Waals surface area contributed by atoms with E-state index in [2.05, 4.69) is 27.1 Å². The maximum atomic E-state index is 13.4. The number of unbranched alkanes of at least 4 members (excludes halogenated alkanes) is 2. The number of nitrogens with zero attached hydrogens (tertiary/aromatic N) is 2. The van der Waals surface area contributed by atoms with Gasteiger partial charge in [0.25, 0.3) is 0 Å². The lowest BCUT2D eigenvalue weighted by molar-refractivity contribution is -0.124. The van der Waals surface area contributed by atoms with E-state index in [0.29, 0.717) is 29.4 Å². The van der Waals surface area contributed by atoms with Gasteiger partial charge >= 0.3 is 0 Å². The van der Waals surface area contributed by atoms with Gasteiger partial charge in [-0.2, -0.15) is 0 Å². The van der Waals surface area contributed by atoms with Crippen molar-refractivity contribution < 1.29 is 14.3 Å². The Bertz CT molecular complexity index is 1080. The third-order valence-electron chi connectivity index (χ3n) is 8.35. The average Bonchev–Trinajstić information content (AvgIpc) is 3.38. The Morgan fingerprint density at radius 2 is 2.03 bits per heavy atom. The van der Waals surface area contributed by atoms with Crippen molar-refractivity contribution in [2.24, 2.45) is 11.3 Å². The Labute approximate surface area is 225 Å². The van der Waals surface area contributed by atoms with Crippen molar-refractivity contribution in [2.45, 2.75) is 77.7 Å². The molecule has 0 radical (unpaired) electrons. The van der Waals surface area contributed by atoms with Crippen LogP contribution < -0.4 is 10.1 Å². The van der Waals surface area contributed by atoms with Crippen LogP contribution in [0.3, 0.4) is 0 Å². The van der Waals surface area contributed by atoms with Gasteiger partial charge in [0.05, 0.1) is 30.1 Å². The Kier molecular flexibility index (Phi) is 9.30. The molecule has 2 heterocycles. The highest BCUT2D eigenvalue weighted by Crippen LogP contribution is 2.59. The Hall–Kier alpha value is -2.38. The fourth-order valence-electron chi connectivity index (χ4n) is 5.74. The molecule has 0 unspecified atom stereocenters. The fourth-order valence-corrected chi connectivity index (χ4v) is 5.99. The highest BCUT2D eigenvalue weighted by atomic mass is 35.5. The third-order valence-corrected chi connectivity index (χ3v) is 8.65. The molecule has 0 bridgehead atoms. The van der Waals surface area contributed by atoms with E-state index in [4.69, 9.17) is 16.3 Å². The third kappa shape index (κ3) is 6.55. The molecule has 1 aromatic carbocycles. The number of piperidine rings is 1. The van der Waals surface area contributed by atoms with Crippen molar-refractivity contribution in [2.75, 3.05) is 26.7 Å². The number of aromatic amines is 1. The van der Waals surface area contributed by atoms with Crippen LogP contribution in [0.4, 0.5) is 0 Å². The monoisotopic (exact) mass is 528 g/mol. The van der Waals surface area contributed by atoms with Gasteiger partial charge in [-0.15, -0.1) is 0 Å². The topological polar surface area (TPSA) is 87.3 Å². The molecule has 1 aromatic heterocycles. The smallest absolute Gasteiger partial charge is 0.224 e. The number of amides is 1. The first-order valence-corrected chi connectivity index (χ1v) is 14.2. The first kappa shape index (κ1) is 27.6. The molecule has 202 valence electrons. The van der Waals surface area contributed by atoms with E-state index in [-0.39, 0.29) is 23.3 Å². The Balaban J connectivity index is 1.44. The number of ether oxygens (including phenoxy) is 1. The standard InChI is InChI=1S/C29H41ClN4O3/c1-4-20(35)10-7-6-8-13-24(33-28(36)22-18-29(22)14-16-34(5-2)17-15-29)27-31-19-25(32-27)21-11-9-12-23(30)26(21)37-3/h9,11-12,19,22,24H,4-8,10,13-18H2,1-3H3,(H,31,32)(H,33,36)/t22-,24+/m1/s1. The van der Waals surface area contributed by atoms with E-state index in [9.17, 15) is 9.59 Å². The van der Waals surface area contributed by atoms with Crippen LogP contribution >= 0.6 is 11.6 Å². The maximum absolute atomic E-state index is 13.4. The summed E-state index contributed by atoms with van der Waals surface area (Å²) in [6.45, 7) is 7.37. The molecular weight excluding hydrogens is 488 g/mol. The maximum Gasteiger partial charge on any atom is 0.224 e. The van der Waals surface area contributed by atoms with Gasteiger partial charge < -0.3 is 19.9 Å². The number of H-pyrrole nitrogens is 1. The number of hydrogen-bond acceptors (Lipinski definition) is 5. The molecule has 2 aromatic rings. The second kappa shape index (κ2) is 12.4. The van der Waals surface area contributed by atoms with E-state index in [1.807, 2.05) is 19.1 Å². The van der Waals surface area contributed by atoms with Crippen LogP contribution in [0.2, 0.25) is 5.02 Å². The number of para-hydroxylation sites is 1. The summed E-state index contributed by atoms with van der Waals surface area (Å²) in [5.74, 6) is 1.89. The number of methoxy groups -OCH3 is 1. The van der Waals surface area contributed by atoms with Crippen LogP contribution in [0.5, 0.6) is 5.75 Å². The second-order valence-electron chi connectivity index (χ2n) is 10.6. The molecule has 1 amide bonds. The summed E-state index contributed by atoms with van der Waals surface area (Å²) in [5.41, 5.74) is 1.82. The Morgan fingerprint density at radius 3 is 2.73 bits per heavy atom. The zero-order valence-corrected chi connectivity index (χ0v) is 23.2. The molecule has 8 heteroatoms. The SMILES string of the molecule is CCC(=O)CCCCC[C@H](NC(=O)[C@H]1CC12CCN(CC)CC2)c1ncc(-c2cccc(Cl)c2OC)[nH]1. The number of aromatic nitrogens is 2. The highest BCUT2D eigenvalue weighted by Gasteiger charge is 2.58. The predicted molar refractivity (Wildman–Crippen MR) is 147 cm³/mol. The predicted octanol–water partition coefficient (Wildman–Crippen LogP) is 5.95. The molecule has 2 fully saturated rings. The van der Waals surface area contributed by atoms with Crippen molar-refractivity contribution >= 4 is 23.3 Å². The van der Waals surface area contributed by atoms with Crippen molar-refractivity contribution in [3.05, 3.63) is 35.2 Å². The van der Waals surface area contributed by atoms with Crippen LogP contribution in [0.15, 0.2) is 24.4 Å². The van der Waals surface area contributed by atoms with Crippen LogP contribution in [0.1, 0.15) is 83.5 Å². The quantitative estimate of drug-likeness (QED) is 0.314. The molecule has 1 saturated carbocycles. The van der Waals surface area contributed by atoms with E-state index in [0.717, 1.165) is 81.7 Å². The molecule has 1 aliphatic heterocycles. The lowest BCUT2D eigenvalue weighted by Crippen LogP contribution is -2.37. The summed E-state index contributed by atoms with van der Waals surface area (Å²) in [6, 6.07) is 5.41. The average molecular weight is 529 g/mol. The summed E-state index contributed by atoms with van der Waals surface area (Å²) < 4.78 is 5.52. The molecule has 4 rings (SSSR count). The first-order chi connectivity index (χ1) is 17.9. The zero-order chi connectivity index (χ0) is 26.4. The number of Topliss-reactive ketones (excluding diaryl/α,β-unsaturated/α-hetero) is 1. The molecule has 1 saturated heterocycles. The minimum absolute atomic E-state index is 0.0960. The number of ketones is 1. The first-order valence-electron chi connectivity index (χ1n) is 13.8. The van der Waals surface area contributed by atoms with Crippen LogP contribution in [-0.4, -0.2) is 53.3 Å². The summed E-state index contributed by atoms with van der Waals surface area (Å²) >= 11 is 6.34. The Morgan fingerprint density at radius 1 is 1.24 bits per heavy atom. The molecule has 2 N–H and O–H groups in total. The summed E-state index contributed by atoms with van der Waals surface area (Å²) in [7, 11) is 1.60. The van der Waals surface area contributed by atoms with Gasteiger partial charge in [0.1, 0.15) is 17.4 Å². The summed E-state index contributed by atoms with van der Waals surface area (Å²) in [4.78, 5) is 35.6. The molecule has 1 spiro atoms. The number of hydrogen-bond donors (Lipinski definition) is 2. The van der Waals surface area contributed by atoms with Crippen LogP contribution in [-0.2, 0) is 9.59 Å². The van der Waals surface area contributed by atoms with E-state index in [1.165, 1.54) is 0 Å². The lowest BCUT2D eigenvalue weighted by Gasteiger charge is -2.32. The number of benzene rings is 1. The second-order valence-corrected chi connectivity index (χ2v) is 11.0. The number of carbonyl (C=O) groups is 2. The van der Waals surface area contributed by atoms with Gasteiger partial charge in [-0.3, -0.25) is 9.59 Å². The molecule has 2 aliphatic rings. The molecule has 37 heavy (non-hydrogen) atoms. The zero-order valence-electron chi connectivity index (χ0n) is 22.4. The highest BCUT2D eigenvalue weighted by molar-refractivity contribution is 6.32. The number of halogens is 1. The van der Waals surface area contributed by atoms with Gasteiger partial charge in [0.15, 0.2) is 0 Å². The summed E-state index contributed by atoms with van der Waals surface area (Å²) in [5, 5.41) is 3.87. The van der Waals surface area contributed by atoms with Gasteiger partial charge in [0.2, 0.25) is 5.91 Å². The van der Waals surface area contributed by atoms with E-state index in [1.54, 1.807) is 19.4 Å². The van der Waals surface area contributed by atoms with E-state index >= 15 is 0 Å². The number of likely N-dealkylation sites (tertiary alicyclic amines) is 1. The number of rotatable bonds is 13. The summed E-state index contributed by atoms with van der Waals surface area (Å²) in [6.07, 6.45) is 9.74. The molecule has 1 aliphatic carbocycles. The normalized spacial score (nSPS) is 19.5. The van der Waals surface area contributed by atoms with Crippen molar-refractivity contribution in [1.82, 2.24) is 20.2 Å². The molecular formula is C29H41ClN4O3. The molecule has 2 atom stereocenters. The fraction of sp³-hybridized carbons (Fsp3) is 0.621. The lowest BCUT2D eigenvalue weighted by atomic mass is 9.90. The van der Waals surface area contributed by atoms with Crippen LogP contribution in [0, 0.1) is 11.3 Å². The largest absolute Gasteiger partial charge is 0.494 e. The van der Waals surface area contributed by atoms with Crippen LogP contribution in [0.25, 0.3) is 11.3 Å². The number of imidazole rings is 1. The van der Waals surface area contributed by atoms with E-state index < -0.39 is 0 Å². The number of nitrogens with one attached hydrogen (secondary N) is 2. The van der Waals surface area contributed by atoms with Gasteiger partial charge in [0, 0.05) is 24.3 Å². The minimum Gasteiger partial charge on any atom is -0.494 e. The molecule has 7 nitrogen and oxygen atoms in total. The number of carbonyl (C=O) groups excluding carboxylic acids is 2. The van der Waals surface area contributed by atoms with Gasteiger partial charge in [-0.1, -0.05) is 44.4 Å².